The molecular weight excluding hydrogens is 859 g/mol. The first kappa shape index (κ1) is 55.4. The molecule has 0 aliphatic rings. The van der Waals surface area contributed by atoms with E-state index in [1.165, 1.54) is 84.3 Å². The van der Waals surface area contributed by atoms with Crippen molar-refractivity contribution in [2.24, 2.45) is 35.2 Å². The van der Waals surface area contributed by atoms with Gasteiger partial charge in [-0.15, -0.1) is 24.8 Å². The Morgan fingerprint density at radius 3 is 1.20 bits per heavy atom. The maximum Gasteiger partial charge on any atom is 0.354 e. The number of ether oxygens (including phenoxy) is 3. The molecule has 0 aliphatic carbocycles. The first-order valence-electron chi connectivity index (χ1n) is 15.9. The van der Waals surface area contributed by atoms with Crippen molar-refractivity contribution >= 4 is 83.0 Å². The number of esters is 3. The monoisotopic (exact) mass is 902 g/mol. The van der Waals surface area contributed by atoms with Crippen molar-refractivity contribution in [3.8, 4) is 0 Å². The van der Waals surface area contributed by atoms with Gasteiger partial charge in [0.25, 0.3) is 23.0 Å². The molecule has 1 amide bonds. The number of aromatic nitrogens is 5. The number of halogens is 2. The normalized spacial score (nSPS) is 9.44. The molecule has 4 N–H and O–H groups in total. The molecule has 0 unspecified atom stereocenters. The van der Waals surface area contributed by atoms with Gasteiger partial charge in [0.2, 0.25) is 0 Å². The number of nitrogens with one attached hydrogen (secondary N) is 1. The number of amides is 1. The zero-order valence-electron chi connectivity index (χ0n) is 32.9. The molecule has 5 heterocycles. The highest BCUT2D eigenvalue weighted by Crippen LogP contribution is 2.19. The van der Waals surface area contributed by atoms with Crippen molar-refractivity contribution in [3.05, 3.63) is 120 Å². The van der Waals surface area contributed by atoms with E-state index >= 15 is 0 Å². The fourth-order valence-corrected chi connectivity index (χ4v) is 4.72. The first-order chi connectivity index (χ1) is 27.1. The Kier molecular flexibility index (Phi) is 22.1. The van der Waals surface area contributed by atoms with E-state index in [1.54, 1.807) is 44.2 Å². The second-order valence-electron chi connectivity index (χ2n) is 11.6. The number of carbonyl (C=O) groups excluding carboxylic acids is 4. The number of carboxylic acids is 1. The van der Waals surface area contributed by atoms with Crippen LogP contribution >= 0.6 is 24.8 Å². The molecule has 0 aliphatic heterocycles. The summed E-state index contributed by atoms with van der Waals surface area (Å²) in [5, 5.41) is 42.3. The van der Waals surface area contributed by atoms with Crippen LogP contribution in [-0.4, -0.2) is 93.8 Å². The number of nitrogens with two attached hydrogens (primary N) is 1. The zero-order valence-corrected chi connectivity index (χ0v) is 34.5. The van der Waals surface area contributed by atoms with Crippen molar-refractivity contribution in [3.63, 3.8) is 0 Å². The van der Waals surface area contributed by atoms with Crippen molar-refractivity contribution in [1.82, 2.24) is 22.8 Å². The van der Waals surface area contributed by atoms with Crippen molar-refractivity contribution in [2.45, 2.75) is 7.43 Å². The van der Waals surface area contributed by atoms with Crippen molar-refractivity contribution in [1.29, 1.82) is 0 Å². The summed E-state index contributed by atoms with van der Waals surface area (Å²) in [6.07, 6.45) is 6.86. The van der Waals surface area contributed by atoms with Crippen LogP contribution in [0.2, 0.25) is 0 Å². The van der Waals surface area contributed by atoms with E-state index in [0.29, 0.717) is 17.1 Å². The quantitative estimate of drug-likeness (QED) is 0.0791. The maximum absolute atomic E-state index is 12.2. The number of carbonyl (C=O) groups is 5. The Balaban J connectivity index is 0. The number of aryl methyl sites for hydroxylation is 5. The lowest BCUT2D eigenvalue weighted by Gasteiger charge is -2.02. The van der Waals surface area contributed by atoms with Gasteiger partial charge in [0.1, 0.15) is 28.5 Å². The molecule has 0 saturated heterocycles. The van der Waals surface area contributed by atoms with Crippen molar-refractivity contribution < 1.29 is 58.1 Å². The van der Waals surface area contributed by atoms with E-state index in [9.17, 15) is 54.3 Å². The molecule has 0 bridgehead atoms. The second-order valence-corrected chi connectivity index (χ2v) is 11.6. The van der Waals surface area contributed by atoms with Gasteiger partial charge in [-0.25, -0.2) is 19.2 Å². The topological polar surface area (TPSA) is 325 Å². The molecule has 0 spiro atoms. The molecule has 5 aromatic rings. The summed E-state index contributed by atoms with van der Waals surface area (Å²) in [5.74, 6) is -3.18. The molecule has 27 heteroatoms. The van der Waals surface area contributed by atoms with E-state index in [1.807, 2.05) is 0 Å². The third-order valence-corrected chi connectivity index (χ3v) is 7.53. The fourth-order valence-electron chi connectivity index (χ4n) is 4.72. The van der Waals surface area contributed by atoms with Gasteiger partial charge in [-0.1, -0.05) is 7.43 Å². The van der Waals surface area contributed by atoms with Crippen LogP contribution in [0, 0.1) is 30.3 Å². The van der Waals surface area contributed by atoms with Gasteiger partial charge in [0, 0.05) is 65.8 Å². The van der Waals surface area contributed by atoms with Crippen LogP contribution in [0.5, 0.6) is 0 Å². The van der Waals surface area contributed by atoms with E-state index in [4.69, 9.17) is 10.8 Å². The molecule has 0 atom stereocenters. The van der Waals surface area contributed by atoms with Crippen LogP contribution in [0.3, 0.4) is 0 Å². The fraction of sp³-hybridized carbons (Fsp3) is 0.265. The smallest absolute Gasteiger partial charge is 0.354 e. The average Bonchev–Trinajstić information content (AvgIpc) is 3.99. The predicted molar refractivity (Wildman–Crippen MR) is 222 cm³/mol. The molecule has 0 radical (unpaired) electrons. The lowest BCUT2D eigenvalue weighted by molar-refractivity contribution is -0.385. The van der Waals surface area contributed by atoms with Crippen molar-refractivity contribution in [2.75, 3.05) is 32.4 Å². The summed E-state index contributed by atoms with van der Waals surface area (Å²) in [6.45, 7) is 0. The second kappa shape index (κ2) is 24.3. The minimum Gasteiger partial charge on any atom is -0.477 e. The van der Waals surface area contributed by atoms with Gasteiger partial charge in [-0.05, 0) is 12.1 Å². The van der Waals surface area contributed by atoms with Crippen LogP contribution in [0.1, 0.15) is 59.9 Å². The number of hydrogen-bond acceptors (Lipinski definition) is 15. The highest BCUT2D eigenvalue weighted by atomic mass is 35.5. The highest BCUT2D eigenvalue weighted by molar-refractivity contribution is 6.04. The number of methoxy groups -OCH3 is 3. The summed E-state index contributed by atoms with van der Waals surface area (Å²) in [7, 11) is 11.7. The number of nitro groups is 3. The number of anilines is 2. The third kappa shape index (κ3) is 14.9. The minimum absolute atomic E-state index is 0. The number of hydrogen-bond donors (Lipinski definition) is 3. The molecule has 0 fully saturated rings. The van der Waals surface area contributed by atoms with Gasteiger partial charge in [0.15, 0.2) is 0 Å². The Bertz CT molecular complexity index is 2370. The third-order valence-electron chi connectivity index (χ3n) is 7.53. The Morgan fingerprint density at radius 1 is 0.557 bits per heavy atom. The predicted octanol–water partition coefficient (Wildman–Crippen LogP) is 4.54. The Hall–Kier alpha value is -7.67. The van der Waals surface area contributed by atoms with Crippen LogP contribution in [0.4, 0.5) is 28.4 Å². The van der Waals surface area contributed by atoms with Gasteiger partial charge >= 0.3 is 23.9 Å². The largest absolute Gasteiger partial charge is 0.477 e. The summed E-state index contributed by atoms with van der Waals surface area (Å²) < 4.78 is 20.6. The summed E-state index contributed by atoms with van der Waals surface area (Å²) in [6, 6.07) is 6.40. The summed E-state index contributed by atoms with van der Waals surface area (Å²) in [5.41, 5.74) is 6.82. The number of nitrogen functional groups attached to an aromatic ring is 1. The molecule has 334 valence electrons. The minimum atomic E-state index is -1.18. The van der Waals surface area contributed by atoms with E-state index in [0.717, 1.165) is 12.3 Å². The first-order valence-corrected chi connectivity index (χ1v) is 15.9. The van der Waals surface area contributed by atoms with Gasteiger partial charge in [0.05, 0.1) is 66.1 Å². The lowest BCUT2D eigenvalue weighted by Crippen LogP contribution is -2.14. The zero-order chi connectivity index (χ0) is 44.2. The molecular formula is C34H44Cl2N10O15. The number of nitrogens with zero attached hydrogens (tertiary/aromatic N) is 8. The number of aromatic carboxylic acids is 1. The van der Waals surface area contributed by atoms with E-state index < -0.39 is 38.6 Å². The van der Waals surface area contributed by atoms with Gasteiger partial charge in [-0.2, -0.15) is 0 Å². The molecule has 0 saturated carbocycles. The summed E-state index contributed by atoms with van der Waals surface area (Å²) in [4.78, 5) is 85.5. The van der Waals surface area contributed by atoms with Crippen LogP contribution in [0.25, 0.3) is 0 Å². The lowest BCUT2D eigenvalue weighted by atomic mass is 10.3. The maximum atomic E-state index is 12.2. The van der Waals surface area contributed by atoms with Crippen LogP contribution in [0.15, 0.2) is 61.3 Å². The Morgan fingerprint density at radius 2 is 0.869 bits per heavy atom. The molecule has 61 heavy (non-hydrogen) atoms. The summed E-state index contributed by atoms with van der Waals surface area (Å²) >= 11 is 0. The van der Waals surface area contributed by atoms with Gasteiger partial charge in [-0.3, -0.25) is 35.1 Å². The SMILES string of the molecule is C.COC(=O)c1cc(N)cn1C.COC(=O)c1cc(NC(=O)c2cc([N+](=O)[O-])cn2C)cn1C.COC(=O)c1cc([N+](=O)[O-])cn1C.Cl.Cl.Cn1cc([N+](=O)[O-])cc1C(=O)O. The van der Waals surface area contributed by atoms with Crippen LogP contribution in [-0.2, 0) is 49.4 Å². The standard InChI is InChI=1S/C13H14N4O5.C7H8N2O4.C7H10N2O2.C6H6N2O4.CH4.2ClH/c1-15-6-8(4-11(15)13(19)22-3)14-12(18)10-5-9(17(20)21)7-16(10)2;1-8-4-5(9(11)12)3-6(8)7(10)13-2;1-9-4-5(8)3-6(9)7(10)11-2;1-7-3-4(8(11)12)2-5(7)6(9)10;;;/h4-7H,1-3H3,(H,14,18);3-4H,1-2H3;3-4H,8H2,1-2H3;2-3H,1H3,(H,9,10);1H4;2*1H. The van der Waals surface area contributed by atoms with Gasteiger partial charge < -0.3 is 53.2 Å². The molecule has 5 aromatic heterocycles. The Labute approximate surface area is 358 Å². The molecule has 0 aromatic carbocycles. The van der Waals surface area contributed by atoms with E-state index in [2.05, 4.69) is 19.5 Å². The average molecular weight is 904 g/mol. The van der Waals surface area contributed by atoms with E-state index in [-0.39, 0.29) is 78.0 Å². The molecule has 5 rings (SSSR count). The molecule has 25 nitrogen and oxygen atoms in total. The number of rotatable bonds is 9. The highest BCUT2D eigenvalue weighted by Gasteiger charge is 2.20. The number of carboxylic acid groups (broad SMARTS) is 1. The van der Waals surface area contributed by atoms with Crippen LogP contribution < -0.4 is 11.1 Å².